The number of rotatable bonds is 4. The van der Waals surface area contributed by atoms with Crippen LogP contribution in [0.25, 0.3) is 0 Å². The molecule has 0 spiro atoms. The van der Waals surface area contributed by atoms with Gasteiger partial charge in [-0.3, -0.25) is 9.69 Å². The van der Waals surface area contributed by atoms with E-state index in [1.807, 2.05) is 41.3 Å². The number of fused-ring (bicyclic) bond motifs is 1. The predicted molar refractivity (Wildman–Crippen MR) is 113 cm³/mol. The third-order valence-corrected chi connectivity index (χ3v) is 6.21. The van der Waals surface area contributed by atoms with E-state index in [9.17, 15) is 4.79 Å². The fourth-order valence-electron chi connectivity index (χ4n) is 4.30. The molecule has 0 aromatic heterocycles. The Morgan fingerprint density at radius 3 is 2.70 bits per heavy atom. The average molecular weight is 429 g/mol. The fraction of sp³-hybridized carbons (Fsp3) is 0.409. The van der Waals surface area contributed by atoms with Crippen LogP contribution in [-0.4, -0.2) is 54.7 Å². The minimum Gasteiger partial charge on any atom is -0.454 e. The first kappa shape index (κ1) is 19.6. The highest BCUT2D eigenvalue weighted by Crippen LogP contribution is 2.33. The summed E-state index contributed by atoms with van der Waals surface area (Å²) in [6, 6.07) is 13.7. The molecule has 0 bridgehead atoms. The van der Waals surface area contributed by atoms with Crippen molar-refractivity contribution in [3.05, 3.63) is 58.6 Å². The number of amides is 1. The highest BCUT2D eigenvalue weighted by molar-refractivity contribution is 6.30. The molecular weight excluding hydrogens is 404 g/mol. The summed E-state index contributed by atoms with van der Waals surface area (Å²) < 4.78 is 10.8. The molecule has 1 amide bonds. The number of carbonyl (C=O) groups is 1. The van der Waals surface area contributed by atoms with Gasteiger partial charge in [0.2, 0.25) is 12.7 Å². The van der Waals surface area contributed by atoms with Crippen LogP contribution in [0.15, 0.2) is 42.5 Å². The van der Waals surface area contributed by atoms with Crippen molar-refractivity contribution in [2.24, 2.45) is 0 Å². The van der Waals surface area contributed by atoms with Gasteiger partial charge < -0.3 is 14.4 Å². The molecule has 3 heterocycles. The van der Waals surface area contributed by atoms with E-state index in [0.717, 1.165) is 56.2 Å². The van der Waals surface area contributed by atoms with E-state index in [-0.39, 0.29) is 18.0 Å². The normalized spacial score (nSPS) is 23.7. The van der Waals surface area contributed by atoms with Crippen molar-refractivity contribution < 1.29 is 14.3 Å². The van der Waals surface area contributed by atoms with Gasteiger partial charge in [-0.05, 0) is 41.8 Å². The SMILES string of the molecule is O=C(C1CC(c2cccc(Cl)c2)NN1)N1CCN(Cc2ccc3c(c2)OCO3)CC1. The lowest BCUT2D eigenvalue weighted by Gasteiger charge is -2.35. The largest absolute Gasteiger partial charge is 0.454 e. The van der Waals surface area contributed by atoms with E-state index < -0.39 is 0 Å². The van der Waals surface area contributed by atoms with Crippen molar-refractivity contribution in [3.63, 3.8) is 0 Å². The minimum atomic E-state index is -0.214. The van der Waals surface area contributed by atoms with Crippen LogP contribution in [0.5, 0.6) is 11.5 Å². The molecule has 2 unspecified atom stereocenters. The molecule has 7 nitrogen and oxygen atoms in total. The molecule has 2 N–H and O–H groups in total. The second-order valence-corrected chi connectivity index (χ2v) is 8.41. The quantitative estimate of drug-likeness (QED) is 0.779. The van der Waals surface area contributed by atoms with Crippen LogP contribution in [0.2, 0.25) is 5.02 Å². The van der Waals surface area contributed by atoms with Crippen molar-refractivity contribution in [1.82, 2.24) is 20.7 Å². The molecule has 0 aliphatic carbocycles. The fourth-order valence-corrected chi connectivity index (χ4v) is 4.50. The van der Waals surface area contributed by atoms with Crippen molar-refractivity contribution in [2.45, 2.75) is 25.0 Å². The summed E-state index contributed by atoms with van der Waals surface area (Å²) in [7, 11) is 0. The monoisotopic (exact) mass is 428 g/mol. The predicted octanol–water partition coefficient (Wildman–Crippen LogP) is 2.32. The zero-order valence-corrected chi connectivity index (χ0v) is 17.4. The Labute approximate surface area is 180 Å². The molecule has 158 valence electrons. The summed E-state index contributed by atoms with van der Waals surface area (Å²) >= 11 is 6.10. The summed E-state index contributed by atoms with van der Waals surface area (Å²) in [6.07, 6.45) is 0.719. The standard InChI is InChI=1S/C22H25ClN4O3/c23-17-3-1-2-16(11-17)18-12-19(25-24-18)22(28)27-8-6-26(7-9-27)13-15-4-5-20-21(10-15)30-14-29-20/h1-5,10-11,18-19,24-25H,6-9,12-14H2. The van der Waals surface area contributed by atoms with Gasteiger partial charge in [0, 0.05) is 43.8 Å². The lowest BCUT2D eigenvalue weighted by Crippen LogP contribution is -2.53. The summed E-state index contributed by atoms with van der Waals surface area (Å²) in [5.74, 6) is 1.79. The van der Waals surface area contributed by atoms with Crippen LogP contribution in [0.4, 0.5) is 0 Å². The lowest BCUT2D eigenvalue weighted by atomic mass is 10.0. The Bertz CT molecular complexity index is 932. The van der Waals surface area contributed by atoms with Crippen LogP contribution >= 0.6 is 11.6 Å². The van der Waals surface area contributed by atoms with E-state index in [1.165, 1.54) is 5.56 Å². The molecule has 3 aliphatic heterocycles. The van der Waals surface area contributed by atoms with E-state index in [2.05, 4.69) is 21.8 Å². The summed E-state index contributed by atoms with van der Waals surface area (Å²) in [5, 5.41) is 0.711. The second kappa shape index (κ2) is 8.43. The van der Waals surface area contributed by atoms with Gasteiger partial charge in [-0.15, -0.1) is 0 Å². The first-order chi connectivity index (χ1) is 14.7. The highest BCUT2D eigenvalue weighted by Gasteiger charge is 2.34. The lowest BCUT2D eigenvalue weighted by molar-refractivity contribution is -0.135. The smallest absolute Gasteiger partial charge is 0.241 e. The van der Waals surface area contributed by atoms with Crippen molar-refractivity contribution in [3.8, 4) is 11.5 Å². The number of halogens is 1. The molecule has 30 heavy (non-hydrogen) atoms. The maximum absolute atomic E-state index is 13.0. The Morgan fingerprint density at radius 2 is 1.87 bits per heavy atom. The van der Waals surface area contributed by atoms with Crippen molar-refractivity contribution in [1.29, 1.82) is 0 Å². The zero-order chi connectivity index (χ0) is 20.5. The maximum atomic E-state index is 13.0. The molecule has 0 saturated carbocycles. The first-order valence-corrected chi connectivity index (χ1v) is 10.7. The van der Waals surface area contributed by atoms with E-state index in [0.29, 0.717) is 11.8 Å². The number of ether oxygens (including phenoxy) is 2. The van der Waals surface area contributed by atoms with Crippen molar-refractivity contribution >= 4 is 17.5 Å². The number of nitrogens with zero attached hydrogens (tertiary/aromatic N) is 2. The molecular formula is C22H25ClN4O3. The van der Waals surface area contributed by atoms with Crippen LogP contribution in [-0.2, 0) is 11.3 Å². The molecule has 2 atom stereocenters. The third kappa shape index (κ3) is 4.11. The number of benzene rings is 2. The van der Waals surface area contributed by atoms with Gasteiger partial charge in [-0.1, -0.05) is 29.8 Å². The summed E-state index contributed by atoms with van der Waals surface area (Å²) in [5.41, 5.74) is 8.71. The zero-order valence-electron chi connectivity index (χ0n) is 16.6. The first-order valence-electron chi connectivity index (χ1n) is 10.3. The second-order valence-electron chi connectivity index (χ2n) is 7.97. The van der Waals surface area contributed by atoms with Crippen LogP contribution < -0.4 is 20.3 Å². The Balaban J connectivity index is 1.13. The summed E-state index contributed by atoms with van der Waals surface area (Å²) in [6.45, 7) is 4.34. The van der Waals surface area contributed by atoms with Gasteiger partial charge in [-0.2, -0.15) is 0 Å². The highest BCUT2D eigenvalue weighted by atomic mass is 35.5. The van der Waals surface area contributed by atoms with E-state index >= 15 is 0 Å². The van der Waals surface area contributed by atoms with E-state index in [1.54, 1.807) is 0 Å². The van der Waals surface area contributed by atoms with Gasteiger partial charge in [-0.25, -0.2) is 10.9 Å². The molecule has 0 radical (unpaired) electrons. The average Bonchev–Trinajstić information content (AvgIpc) is 3.43. The number of hydrazine groups is 1. The molecule has 3 aliphatic rings. The Hall–Kier alpha value is -2.32. The van der Waals surface area contributed by atoms with Crippen LogP contribution in [0, 0.1) is 0 Å². The molecule has 8 heteroatoms. The molecule has 2 aromatic carbocycles. The number of nitrogens with one attached hydrogen (secondary N) is 2. The number of hydrogen-bond acceptors (Lipinski definition) is 6. The minimum absolute atomic E-state index is 0.0879. The molecule has 2 saturated heterocycles. The molecule has 2 fully saturated rings. The van der Waals surface area contributed by atoms with Gasteiger partial charge in [0.1, 0.15) is 6.04 Å². The Morgan fingerprint density at radius 1 is 1.03 bits per heavy atom. The van der Waals surface area contributed by atoms with Crippen LogP contribution in [0.3, 0.4) is 0 Å². The van der Waals surface area contributed by atoms with Gasteiger partial charge in [0.25, 0.3) is 0 Å². The number of piperazine rings is 1. The van der Waals surface area contributed by atoms with Crippen LogP contribution in [0.1, 0.15) is 23.6 Å². The van der Waals surface area contributed by atoms with Crippen molar-refractivity contribution in [2.75, 3.05) is 33.0 Å². The van der Waals surface area contributed by atoms with Gasteiger partial charge in [0.05, 0.1) is 0 Å². The topological polar surface area (TPSA) is 66.1 Å². The van der Waals surface area contributed by atoms with Gasteiger partial charge in [0.15, 0.2) is 11.5 Å². The van der Waals surface area contributed by atoms with Gasteiger partial charge >= 0.3 is 0 Å². The maximum Gasteiger partial charge on any atom is 0.241 e. The number of hydrogen-bond donors (Lipinski definition) is 2. The third-order valence-electron chi connectivity index (χ3n) is 5.98. The summed E-state index contributed by atoms with van der Waals surface area (Å²) in [4.78, 5) is 17.3. The Kier molecular flexibility index (Phi) is 5.52. The number of carbonyl (C=O) groups excluding carboxylic acids is 1. The van der Waals surface area contributed by atoms with E-state index in [4.69, 9.17) is 21.1 Å². The molecule has 2 aromatic rings. The molecule has 5 rings (SSSR count).